The van der Waals surface area contributed by atoms with E-state index in [2.05, 4.69) is 256 Å². The molecule has 0 unspecified atom stereocenters. The van der Waals surface area contributed by atoms with Crippen molar-refractivity contribution < 1.29 is 0 Å². The Bertz CT molecular complexity index is 2510. The summed E-state index contributed by atoms with van der Waals surface area (Å²) < 4.78 is 0. The highest BCUT2D eigenvalue weighted by Gasteiger charge is 2.17. The lowest BCUT2D eigenvalue weighted by Gasteiger charge is -2.27. The third-order valence-corrected chi connectivity index (χ3v) is 10.5. The SMILES string of the molecule is Cc1cccc(N(c2ccc(-c3ccc(/C=C/c4ccc(-c5ccc(N(c6ccccc6)c6ccccc6)cc5)cc4)cc3)cc2)c2ccc(C(C)(C)C)cc2)c1. The highest BCUT2D eigenvalue weighted by atomic mass is 15.1. The zero-order chi connectivity index (χ0) is 39.2. The number of hydrogen-bond donors (Lipinski definition) is 0. The summed E-state index contributed by atoms with van der Waals surface area (Å²) in [5.74, 6) is 0. The molecule has 0 aromatic heterocycles. The third-order valence-electron chi connectivity index (χ3n) is 10.5. The standard InChI is InChI=1S/C55H48N2/c1-41-12-11-17-54(40-41)57(53-38-32-48(33-39-53)55(2,3)4)52-36-30-47(31-37-52)45-26-22-43(23-27-45)19-18-42-20-24-44(25-21-42)46-28-34-51(35-29-46)56(49-13-7-5-8-14-49)50-15-9-6-10-16-50/h5-40H,1-4H3/b19-18+. The molecule has 0 aliphatic rings. The van der Waals surface area contributed by atoms with Gasteiger partial charge in [0.25, 0.3) is 0 Å². The molecule has 2 nitrogen and oxygen atoms in total. The van der Waals surface area contributed by atoms with Gasteiger partial charge in [-0.2, -0.15) is 0 Å². The fourth-order valence-electron chi connectivity index (χ4n) is 7.30. The van der Waals surface area contributed by atoms with Gasteiger partial charge in [-0.15, -0.1) is 0 Å². The largest absolute Gasteiger partial charge is 0.311 e. The van der Waals surface area contributed by atoms with Gasteiger partial charge in [-0.1, -0.05) is 166 Å². The Morgan fingerprint density at radius 3 is 1.05 bits per heavy atom. The quantitative estimate of drug-likeness (QED) is 0.129. The van der Waals surface area contributed by atoms with Gasteiger partial charge < -0.3 is 9.80 Å². The summed E-state index contributed by atoms with van der Waals surface area (Å²) in [7, 11) is 0. The van der Waals surface area contributed by atoms with Gasteiger partial charge in [0.05, 0.1) is 0 Å². The van der Waals surface area contributed by atoms with Crippen LogP contribution in [0.15, 0.2) is 206 Å². The van der Waals surface area contributed by atoms with Crippen molar-refractivity contribution in [1.29, 1.82) is 0 Å². The van der Waals surface area contributed by atoms with Gasteiger partial charge in [-0.3, -0.25) is 0 Å². The van der Waals surface area contributed by atoms with Crippen LogP contribution in [0.4, 0.5) is 34.1 Å². The van der Waals surface area contributed by atoms with Gasteiger partial charge in [0.15, 0.2) is 0 Å². The average molecular weight is 737 g/mol. The molecule has 0 heterocycles. The second-order valence-corrected chi connectivity index (χ2v) is 15.6. The molecule has 0 N–H and O–H groups in total. The molecular weight excluding hydrogens is 689 g/mol. The van der Waals surface area contributed by atoms with E-state index in [1.807, 2.05) is 0 Å². The maximum atomic E-state index is 2.34. The topological polar surface area (TPSA) is 6.48 Å². The fourth-order valence-corrected chi connectivity index (χ4v) is 7.30. The number of nitrogens with zero attached hydrogens (tertiary/aromatic N) is 2. The first-order valence-corrected chi connectivity index (χ1v) is 19.8. The molecule has 0 radical (unpaired) electrons. The van der Waals surface area contributed by atoms with E-state index in [-0.39, 0.29) is 5.41 Å². The Balaban J connectivity index is 0.945. The Kier molecular flexibility index (Phi) is 10.7. The Labute approximate surface area is 338 Å². The maximum absolute atomic E-state index is 2.34. The molecule has 0 bridgehead atoms. The zero-order valence-electron chi connectivity index (χ0n) is 33.2. The molecule has 0 fully saturated rings. The first-order chi connectivity index (χ1) is 27.8. The van der Waals surface area contributed by atoms with Crippen molar-refractivity contribution in [3.05, 3.63) is 229 Å². The summed E-state index contributed by atoms with van der Waals surface area (Å²) in [6, 6.07) is 74.1. The Morgan fingerprint density at radius 2 is 0.667 bits per heavy atom. The predicted octanol–water partition coefficient (Wildman–Crippen LogP) is 15.7. The third kappa shape index (κ3) is 8.67. The molecule has 0 atom stereocenters. The van der Waals surface area contributed by atoms with E-state index in [1.165, 1.54) is 44.5 Å². The minimum absolute atomic E-state index is 0.107. The predicted molar refractivity (Wildman–Crippen MR) is 245 cm³/mol. The molecule has 0 aliphatic heterocycles. The normalized spacial score (nSPS) is 11.4. The van der Waals surface area contributed by atoms with Crippen LogP contribution in [0.5, 0.6) is 0 Å². The Hall–Kier alpha value is -6.90. The van der Waals surface area contributed by atoms with Crippen LogP contribution in [0.1, 0.15) is 43.0 Å². The molecule has 2 heteroatoms. The van der Waals surface area contributed by atoms with Crippen molar-refractivity contribution in [3.8, 4) is 22.3 Å². The number of rotatable bonds is 10. The van der Waals surface area contributed by atoms with Crippen LogP contribution in [0, 0.1) is 6.92 Å². The lowest BCUT2D eigenvalue weighted by atomic mass is 9.87. The molecule has 0 amide bonds. The van der Waals surface area contributed by atoms with E-state index >= 15 is 0 Å². The van der Waals surface area contributed by atoms with Crippen LogP contribution in [-0.4, -0.2) is 0 Å². The lowest BCUT2D eigenvalue weighted by Crippen LogP contribution is -2.13. The highest BCUT2D eigenvalue weighted by Crippen LogP contribution is 2.38. The second kappa shape index (κ2) is 16.5. The molecule has 8 rings (SSSR count). The molecule has 57 heavy (non-hydrogen) atoms. The van der Waals surface area contributed by atoms with Crippen LogP contribution >= 0.6 is 0 Å². The number of anilines is 6. The fraction of sp³-hybridized carbons (Fsp3) is 0.0909. The van der Waals surface area contributed by atoms with E-state index in [9.17, 15) is 0 Å². The van der Waals surface area contributed by atoms with Crippen LogP contribution in [-0.2, 0) is 5.41 Å². The van der Waals surface area contributed by atoms with E-state index in [1.54, 1.807) is 0 Å². The average Bonchev–Trinajstić information content (AvgIpc) is 3.25. The number of hydrogen-bond acceptors (Lipinski definition) is 2. The van der Waals surface area contributed by atoms with Crippen LogP contribution in [0.25, 0.3) is 34.4 Å². The number of benzene rings is 8. The molecule has 8 aromatic rings. The van der Waals surface area contributed by atoms with Crippen molar-refractivity contribution in [1.82, 2.24) is 0 Å². The van der Waals surface area contributed by atoms with Crippen molar-refractivity contribution in [2.75, 3.05) is 9.80 Å². The summed E-state index contributed by atoms with van der Waals surface area (Å²) in [6.07, 6.45) is 4.37. The summed E-state index contributed by atoms with van der Waals surface area (Å²) in [4.78, 5) is 4.63. The summed E-state index contributed by atoms with van der Waals surface area (Å²) in [5.41, 5.74) is 16.6. The van der Waals surface area contributed by atoms with Gasteiger partial charge in [-0.05, 0) is 130 Å². The first kappa shape index (κ1) is 37.0. The maximum Gasteiger partial charge on any atom is 0.0464 e. The van der Waals surface area contributed by atoms with E-state index in [0.717, 1.165) is 34.1 Å². The smallest absolute Gasteiger partial charge is 0.0464 e. The minimum Gasteiger partial charge on any atom is -0.311 e. The van der Waals surface area contributed by atoms with Crippen molar-refractivity contribution in [2.24, 2.45) is 0 Å². The second-order valence-electron chi connectivity index (χ2n) is 15.6. The summed E-state index contributed by atoms with van der Waals surface area (Å²) in [6.45, 7) is 8.92. The van der Waals surface area contributed by atoms with Gasteiger partial charge in [-0.25, -0.2) is 0 Å². The van der Waals surface area contributed by atoms with Crippen molar-refractivity contribution in [3.63, 3.8) is 0 Å². The number of aryl methyl sites for hydroxylation is 1. The molecule has 278 valence electrons. The van der Waals surface area contributed by atoms with Crippen LogP contribution in [0.2, 0.25) is 0 Å². The number of para-hydroxylation sites is 2. The molecular formula is C55H48N2. The van der Waals surface area contributed by atoms with E-state index in [4.69, 9.17) is 0 Å². The van der Waals surface area contributed by atoms with Gasteiger partial charge in [0.1, 0.15) is 0 Å². The lowest BCUT2D eigenvalue weighted by molar-refractivity contribution is 0.590. The van der Waals surface area contributed by atoms with E-state index < -0.39 is 0 Å². The molecule has 0 saturated heterocycles. The monoisotopic (exact) mass is 736 g/mol. The highest BCUT2D eigenvalue weighted by molar-refractivity contribution is 5.81. The molecule has 0 spiro atoms. The van der Waals surface area contributed by atoms with Crippen LogP contribution in [0.3, 0.4) is 0 Å². The van der Waals surface area contributed by atoms with Crippen LogP contribution < -0.4 is 9.80 Å². The molecule has 0 aliphatic carbocycles. The zero-order valence-corrected chi connectivity index (χ0v) is 33.2. The van der Waals surface area contributed by atoms with Crippen molar-refractivity contribution >= 4 is 46.3 Å². The van der Waals surface area contributed by atoms with Gasteiger partial charge >= 0.3 is 0 Å². The minimum atomic E-state index is 0.107. The molecule has 0 saturated carbocycles. The van der Waals surface area contributed by atoms with Gasteiger partial charge in [0, 0.05) is 34.1 Å². The van der Waals surface area contributed by atoms with Gasteiger partial charge in [0.2, 0.25) is 0 Å². The summed E-state index contributed by atoms with van der Waals surface area (Å²) >= 11 is 0. The van der Waals surface area contributed by atoms with Crippen molar-refractivity contribution in [2.45, 2.75) is 33.1 Å². The first-order valence-electron chi connectivity index (χ1n) is 19.8. The molecule has 8 aromatic carbocycles. The van der Waals surface area contributed by atoms with E-state index in [0.29, 0.717) is 0 Å². The Morgan fingerprint density at radius 1 is 0.333 bits per heavy atom. The summed E-state index contributed by atoms with van der Waals surface area (Å²) in [5, 5.41) is 0.